The number of hydrogen-bond acceptors (Lipinski definition) is 4. The maximum absolute atomic E-state index is 12.6. The molecular weight excluding hydrogens is 473 g/mol. The van der Waals surface area contributed by atoms with Crippen molar-refractivity contribution in [2.75, 3.05) is 0 Å². The molecule has 2 rings (SSSR count). The van der Waals surface area contributed by atoms with Crippen LogP contribution in [-0.2, 0) is 10.8 Å². The molecule has 2 aromatic carbocycles. The molecule has 0 aliphatic carbocycles. The van der Waals surface area contributed by atoms with Crippen LogP contribution in [0.4, 0.5) is 0 Å². The van der Waals surface area contributed by atoms with Gasteiger partial charge in [-0.25, -0.2) is 0 Å². The van der Waals surface area contributed by atoms with Crippen molar-refractivity contribution < 1.29 is 10.2 Å². The summed E-state index contributed by atoms with van der Waals surface area (Å²) in [4.78, 5) is 1.38. The van der Waals surface area contributed by atoms with Gasteiger partial charge in [0.05, 0.1) is 0 Å². The largest absolute Gasteiger partial charge is 2.00 e. The van der Waals surface area contributed by atoms with Gasteiger partial charge in [0.2, 0.25) is 0 Å². The molecule has 0 unspecified atom stereocenters. The fourth-order valence-electron chi connectivity index (χ4n) is 4.93. The van der Waals surface area contributed by atoms with Crippen molar-refractivity contribution >= 4 is 59.3 Å². The van der Waals surface area contributed by atoms with Gasteiger partial charge in [-0.3, -0.25) is 0 Å². The molecule has 0 aliphatic heterocycles. The van der Waals surface area contributed by atoms with E-state index in [0.29, 0.717) is 9.79 Å². The first-order valence-corrected chi connectivity index (χ1v) is 13.5. The van der Waals surface area contributed by atoms with Crippen LogP contribution in [0.1, 0.15) is 93.2 Å². The van der Waals surface area contributed by atoms with Crippen LogP contribution in [0.5, 0.6) is 11.5 Å². The van der Waals surface area contributed by atoms with Crippen molar-refractivity contribution in [3.8, 4) is 11.5 Å². The summed E-state index contributed by atoms with van der Waals surface area (Å²) >= 11 is 0. The van der Waals surface area contributed by atoms with E-state index in [4.69, 9.17) is 0 Å². The minimum atomic E-state index is -0.0352. The summed E-state index contributed by atoms with van der Waals surface area (Å²) in [6.45, 7) is 22.4. The van der Waals surface area contributed by atoms with Gasteiger partial charge in [0.15, 0.2) is 0 Å². The van der Waals surface area contributed by atoms with Crippen LogP contribution >= 0.6 is 21.6 Å². The third-order valence-corrected chi connectivity index (χ3v) is 8.02. The van der Waals surface area contributed by atoms with Crippen molar-refractivity contribution in [3.05, 3.63) is 47.5 Å². The van der Waals surface area contributed by atoms with E-state index < -0.39 is 0 Å². The zero-order valence-electron chi connectivity index (χ0n) is 22.2. The molecule has 0 aliphatic rings. The fraction of sp³-hybridized carbons (Fsp3) is 0.571. The summed E-state index contributed by atoms with van der Waals surface area (Å²) in [6, 6.07) is 11.3. The third kappa shape index (κ3) is 9.52. The van der Waals surface area contributed by atoms with E-state index in [1.807, 2.05) is 24.3 Å². The first-order valence-electron chi connectivity index (χ1n) is 11.4. The van der Waals surface area contributed by atoms with Gasteiger partial charge in [-0.1, -0.05) is 127 Å². The molecule has 0 amide bonds. The first-order chi connectivity index (χ1) is 14.4. The summed E-state index contributed by atoms with van der Waals surface area (Å²) in [7, 11) is 2.80. The molecule has 2 nitrogen and oxygen atoms in total. The van der Waals surface area contributed by atoms with Gasteiger partial charge in [-0.15, -0.1) is 0 Å². The molecule has 178 valence electrons. The molecule has 0 N–H and O–H groups in total. The Balaban J connectivity index is 0.00000544. The Morgan fingerprint density at radius 1 is 0.576 bits per heavy atom. The molecule has 5 heteroatoms. The van der Waals surface area contributed by atoms with Gasteiger partial charge < -0.3 is 10.2 Å². The Morgan fingerprint density at radius 2 is 0.879 bits per heavy atom. The number of benzene rings is 2. The predicted molar refractivity (Wildman–Crippen MR) is 143 cm³/mol. The van der Waals surface area contributed by atoms with Crippen LogP contribution in [0.3, 0.4) is 0 Å². The quantitative estimate of drug-likeness (QED) is 0.282. The van der Waals surface area contributed by atoms with Crippen LogP contribution in [-0.4, -0.2) is 37.7 Å². The summed E-state index contributed by atoms with van der Waals surface area (Å²) in [6.07, 6.45) is 2.04. The SMILES string of the molecule is CC(C)(C)CC(C)(C)c1ccc([O-])c(SSc2cc(C(C)(C)CC(C)(C)C)ccc2[O-])c1.[Ca+2]. The van der Waals surface area contributed by atoms with Crippen LogP contribution < -0.4 is 10.2 Å². The van der Waals surface area contributed by atoms with Gasteiger partial charge in [0.1, 0.15) is 0 Å². The second-order valence-corrected chi connectivity index (χ2v) is 14.9. The van der Waals surface area contributed by atoms with E-state index in [0.717, 1.165) is 24.0 Å². The van der Waals surface area contributed by atoms with Crippen molar-refractivity contribution in [3.63, 3.8) is 0 Å². The minimum absolute atomic E-state index is 0. The summed E-state index contributed by atoms with van der Waals surface area (Å²) in [5.74, 6) is 0.0175. The van der Waals surface area contributed by atoms with E-state index in [-0.39, 0.29) is 70.9 Å². The molecule has 0 bridgehead atoms. The predicted octanol–water partition coefficient (Wildman–Crippen LogP) is 7.68. The second kappa shape index (κ2) is 11.4. The maximum atomic E-state index is 12.6. The van der Waals surface area contributed by atoms with E-state index in [1.54, 1.807) is 12.1 Å². The smallest absolute Gasteiger partial charge is 0.872 e. The zero-order chi connectivity index (χ0) is 24.5. The summed E-state index contributed by atoms with van der Waals surface area (Å²) in [5.41, 5.74) is 2.65. The molecule has 0 fully saturated rings. The van der Waals surface area contributed by atoms with Crippen molar-refractivity contribution in [1.82, 2.24) is 0 Å². The Bertz CT molecular complexity index is 860. The number of hydrogen-bond donors (Lipinski definition) is 0. The number of rotatable bonds is 7. The molecule has 2 aromatic rings. The van der Waals surface area contributed by atoms with E-state index >= 15 is 0 Å². The van der Waals surface area contributed by atoms with Crippen LogP contribution in [0.15, 0.2) is 46.2 Å². The van der Waals surface area contributed by atoms with Gasteiger partial charge in [0, 0.05) is 9.79 Å². The van der Waals surface area contributed by atoms with E-state index in [1.165, 1.54) is 21.6 Å². The Kier molecular flexibility index (Phi) is 10.7. The average molecular weight is 513 g/mol. The summed E-state index contributed by atoms with van der Waals surface area (Å²) < 4.78 is 0. The molecule has 0 radical (unpaired) electrons. The minimum Gasteiger partial charge on any atom is -0.872 e. The molecule has 0 saturated carbocycles. The molecular formula is C28H40CaO2S2. The molecule has 33 heavy (non-hydrogen) atoms. The molecule has 0 aromatic heterocycles. The topological polar surface area (TPSA) is 46.1 Å². The standard InChI is InChI=1S/C28H42O2S2.Ca/c1-25(2,3)17-27(7,8)19-11-13-21(29)23(15-19)31-32-24-16-20(12-14-22(24)30)28(9,10)18-26(4,5)6;/h11-16,29-30H,17-18H2,1-10H3;/q;+2/p-2. The van der Waals surface area contributed by atoms with E-state index in [2.05, 4.69) is 69.2 Å². The molecule has 0 saturated heterocycles. The average Bonchev–Trinajstić information content (AvgIpc) is 2.57. The van der Waals surface area contributed by atoms with E-state index in [9.17, 15) is 10.2 Å². The van der Waals surface area contributed by atoms with Gasteiger partial charge in [0.25, 0.3) is 0 Å². The van der Waals surface area contributed by atoms with Crippen LogP contribution in [0, 0.1) is 10.8 Å². The van der Waals surface area contributed by atoms with Crippen molar-refractivity contribution in [2.45, 2.75) is 103 Å². The third-order valence-electron chi connectivity index (χ3n) is 5.62. The molecule has 0 spiro atoms. The first kappa shape index (κ1) is 31.0. The van der Waals surface area contributed by atoms with Crippen molar-refractivity contribution in [1.29, 1.82) is 0 Å². The Hall–Kier alpha value is -0.000260. The van der Waals surface area contributed by atoms with Crippen LogP contribution in [0.2, 0.25) is 0 Å². The van der Waals surface area contributed by atoms with Crippen molar-refractivity contribution in [2.24, 2.45) is 10.8 Å². The van der Waals surface area contributed by atoms with Gasteiger partial charge in [-0.05, 0) is 57.8 Å². The maximum Gasteiger partial charge on any atom is 2.00 e. The van der Waals surface area contributed by atoms with Gasteiger partial charge >= 0.3 is 37.7 Å². The molecule has 0 heterocycles. The monoisotopic (exact) mass is 512 g/mol. The Morgan fingerprint density at radius 3 is 1.15 bits per heavy atom. The normalized spacial score (nSPS) is 13.0. The summed E-state index contributed by atoms with van der Waals surface area (Å²) in [5, 5.41) is 25.1. The van der Waals surface area contributed by atoms with Crippen LogP contribution in [0.25, 0.3) is 0 Å². The zero-order valence-corrected chi connectivity index (χ0v) is 26.1. The second-order valence-electron chi connectivity index (χ2n) is 12.7. The fourth-order valence-corrected chi connectivity index (χ4v) is 7.08. The van der Waals surface area contributed by atoms with Gasteiger partial charge in [-0.2, -0.15) is 0 Å². The molecule has 0 atom stereocenters. The Labute approximate surface area is 240 Å².